The molecule has 1 aromatic rings. The van der Waals surface area contributed by atoms with Gasteiger partial charge in [-0.3, -0.25) is 9.89 Å². The molecular weight excluding hydrogens is 252 g/mol. The first kappa shape index (κ1) is 15.0. The highest BCUT2D eigenvalue weighted by Gasteiger charge is 2.18. The number of hydrogen-bond acceptors (Lipinski definition) is 3. The second-order valence-electron chi connectivity index (χ2n) is 4.63. The van der Waals surface area contributed by atoms with Crippen LogP contribution in [0.5, 0.6) is 0 Å². The van der Waals surface area contributed by atoms with Crippen LogP contribution in [0.25, 0.3) is 0 Å². The highest BCUT2D eigenvalue weighted by atomic mass is 35.5. The zero-order chi connectivity index (χ0) is 13.7. The number of nitrogens with zero attached hydrogens (tertiary/aromatic N) is 2. The predicted octanol–water partition coefficient (Wildman–Crippen LogP) is 1.83. The van der Waals surface area contributed by atoms with Crippen molar-refractivity contribution in [3.8, 4) is 0 Å². The number of likely N-dealkylation sites (N-methyl/N-ethyl adjacent to an activating group) is 1. The van der Waals surface area contributed by atoms with E-state index in [9.17, 15) is 4.79 Å². The molecule has 1 heterocycles. The molecule has 0 aliphatic carbocycles. The van der Waals surface area contributed by atoms with Gasteiger partial charge in [0.25, 0.3) is 5.91 Å². The third-order valence-electron chi connectivity index (χ3n) is 2.94. The maximum absolute atomic E-state index is 11.9. The molecule has 1 rings (SSSR count). The zero-order valence-electron chi connectivity index (χ0n) is 11.4. The monoisotopic (exact) mass is 272 g/mol. The third-order valence-corrected chi connectivity index (χ3v) is 3.40. The average molecular weight is 273 g/mol. The minimum atomic E-state index is -0.229. The molecule has 0 aliphatic rings. The smallest absolute Gasteiger partial charge is 0.273 e. The number of nitrogens with one attached hydrogen (secondary N) is 2. The van der Waals surface area contributed by atoms with Crippen molar-refractivity contribution >= 4 is 17.5 Å². The largest absolute Gasteiger partial charge is 0.349 e. The van der Waals surface area contributed by atoms with Crippen molar-refractivity contribution < 1.29 is 4.79 Å². The molecule has 0 unspecified atom stereocenters. The molecule has 1 amide bonds. The number of aryl methyl sites for hydroxylation is 1. The van der Waals surface area contributed by atoms with Gasteiger partial charge in [0.15, 0.2) is 5.69 Å². The van der Waals surface area contributed by atoms with Gasteiger partial charge in [0.05, 0.1) is 10.7 Å². The Bertz CT molecular complexity index is 403. The van der Waals surface area contributed by atoms with Gasteiger partial charge in [0.2, 0.25) is 0 Å². The fourth-order valence-corrected chi connectivity index (χ4v) is 1.91. The summed E-state index contributed by atoms with van der Waals surface area (Å²) < 4.78 is 0. The van der Waals surface area contributed by atoms with Crippen LogP contribution >= 0.6 is 11.6 Å². The number of aromatic nitrogens is 2. The topological polar surface area (TPSA) is 61.0 Å². The van der Waals surface area contributed by atoms with Crippen LogP contribution in [0, 0.1) is 6.92 Å². The summed E-state index contributed by atoms with van der Waals surface area (Å²) in [5.74, 6) is -0.229. The van der Waals surface area contributed by atoms with Crippen molar-refractivity contribution in [1.82, 2.24) is 20.4 Å². The minimum Gasteiger partial charge on any atom is -0.349 e. The van der Waals surface area contributed by atoms with Crippen molar-refractivity contribution in [2.24, 2.45) is 0 Å². The Morgan fingerprint density at radius 3 is 2.67 bits per heavy atom. The number of halogens is 1. The molecule has 0 spiro atoms. The van der Waals surface area contributed by atoms with E-state index in [4.69, 9.17) is 11.6 Å². The van der Waals surface area contributed by atoms with Gasteiger partial charge in [-0.05, 0) is 27.4 Å². The second kappa shape index (κ2) is 6.75. The van der Waals surface area contributed by atoms with Crippen LogP contribution in [-0.2, 0) is 0 Å². The van der Waals surface area contributed by atoms with E-state index >= 15 is 0 Å². The first-order valence-electron chi connectivity index (χ1n) is 6.12. The summed E-state index contributed by atoms with van der Waals surface area (Å²) in [5.41, 5.74) is 0.975. The SMILES string of the molecule is CCC[C@@H](CNC(=O)c1n[nH]c(C)c1Cl)N(C)C. The molecular formula is C12H21ClN4O. The van der Waals surface area contributed by atoms with E-state index in [1.54, 1.807) is 6.92 Å². The Hall–Kier alpha value is -1.07. The summed E-state index contributed by atoms with van der Waals surface area (Å²) in [7, 11) is 4.02. The molecule has 1 aromatic heterocycles. The summed E-state index contributed by atoms with van der Waals surface area (Å²) in [5, 5.41) is 9.87. The van der Waals surface area contributed by atoms with E-state index < -0.39 is 0 Å². The van der Waals surface area contributed by atoms with Gasteiger partial charge < -0.3 is 10.2 Å². The molecule has 102 valence electrons. The molecule has 5 nitrogen and oxygen atoms in total. The van der Waals surface area contributed by atoms with Gasteiger partial charge in [-0.1, -0.05) is 24.9 Å². The molecule has 18 heavy (non-hydrogen) atoms. The van der Waals surface area contributed by atoms with Crippen LogP contribution in [-0.4, -0.2) is 47.7 Å². The summed E-state index contributed by atoms with van der Waals surface area (Å²) in [6.07, 6.45) is 2.13. The Kier molecular flexibility index (Phi) is 5.62. The Morgan fingerprint density at radius 2 is 2.22 bits per heavy atom. The second-order valence-corrected chi connectivity index (χ2v) is 5.01. The number of aromatic amines is 1. The molecule has 2 N–H and O–H groups in total. The van der Waals surface area contributed by atoms with Gasteiger partial charge >= 0.3 is 0 Å². The van der Waals surface area contributed by atoms with Gasteiger partial charge in [0, 0.05) is 12.6 Å². The zero-order valence-corrected chi connectivity index (χ0v) is 12.1. The molecule has 0 aliphatic heterocycles. The number of carbonyl (C=O) groups excluding carboxylic acids is 1. The van der Waals surface area contributed by atoms with Gasteiger partial charge in [-0.15, -0.1) is 0 Å². The number of amides is 1. The van der Waals surface area contributed by atoms with Gasteiger partial charge in [-0.2, -0.15) is 5.10 Å². The summed E-state index contributed by atoms with van der Waals surface area (Å²) in [6, 6.07) is 0.331. The van der Waals surface area contributed by atoms with Crippen LogP contribution in [0.1, 0.15) is 35.9 Å². The highest BCUT2D eigenvalue weighted by Crippen LogP contribution is 2.16. The molecule has 0 saturated carbocycles. The Balaban J connectivity index is 2.57. The van der Waals surface area contributed by atoms with Crippen LogP contribution in [0.2, 0.25) is 5.02 Å². The van der Waals surface area contributed by atoms with E-state index in [-0.39, 0.29) is 11.6 Å². The molecule has 0 radical (unpaired) electrons. The van der Waals surface area contributed by atoms with Gasteiger partial charge in [-0.25, -0.2) is 0 Å². The molecule has 0 fully saturated rings. The van der Waals surface area contributed by atoms with Crippen molar-refractivity contribution in [2.75, 3.05) is 20.6 Å². The van der Waals surface area contributed by atoms with Crippen LogP contribution in [0.3, 0.4) is 0 Å². The number of carbonyl (C=O) groups is 1. The lowest BCUT2D eigenvalue weighted by Crippen LogP contribution is -2.40. The van der Waals surface area contributed by atoms with Crippen LogP contribution in [0.15, 0.2) is 0 Å². The van der Waals surface area contributed by atoms with E-state index in [2.05, 4.69) is 27.3 Å². The predicted molar refractivity (Wildman–Crippen MR) is 73.1 cm³/mol. The molecule has 0 saturated heterocycles. The van der Waals surface area contributed by atoms with E-state index in [0.717, 1.165) is 12.8 Å². The minimum absolute atomic E-state index is 0.229. The maximum atomic E-state index is 11.9. The molecule has 6 heteroatoms. The van der Waals surface area contributed by atoms with Crippen LogP contribution in [0.4, 0.5) is 0 Å². The first-order chi connectivity index (χ1) is 8.47. The van der Waals surface area contributed by atoms with Crippen molar-refractivity contribution in [1.29, 1.82) is 0 Å². The van der Waals surface area contributed by atoms with Crippen LogP contribution < -0.4 is 5.32 Å². The van der Waals surface area contributed by atoms with Crippen molar-refractivity contribution in [3.63, 3.8) is 0 Å². The molecule has 0 bridgehead atoms. The standard InChI is InChI=1S/C12H21ClN4O/c1-5-6-9(17(3)4)7-14-12(18)11-10(13)8(2)15-16-11/h9H,5-7H2,1-4H3,(H,14,18)(H,15,16)/t9-/m0/s1. The quantitative estimate of drug-likeness (QED) is 0.831. The van der Waals surface area contributed by atoms with E-state index in [1.807, 2.05) is 14.1 Å². The normalized spacial score (nSPS) is 12.8. The summed E-state index contributed by atoms with van der Waals surface area (Å²) >= 11 is 5.98. The lowest BCUT2D eigenvalue weighted by Gasteiger charge is -2.23. The highest BCUT2D eigenvalue weighted by molar-refractivity contribution is 6.34. The number of rotatable bonds is 6. The fourth-order valence-electron chi connectivity index (χ4n) is 1.74. The molecule has 1 atom stereocenters. The summed E-state index contributed by atoms with van der Waals surface area (Å²) in [4.78, 5) is 14.0. The van der Waals surface area contributed by atoms with E-state index in [1.165, 1.54) is 0 Å². The Morgan fingerprint density at radius 1 is 1.56 bits per heavy atom. The summed E-state index contributed by atoms with van der Waals surface area (Å²) in [6.45, 7) is 4.51. The number of hydrogen-bond donors (Lipinski definition) is 2. The fraction of sp³-hybridized carbons (Fsp3) is 0.667. The Labute approximate surface area is 113 Å². The first-order valence-corrected chi connectivity index (χ1v) is 6.50. The lowest BCUT2D eigenvalue weighted by atomic mass is 10.1. The lowest BCUT2D eigenvalue weighted by molar-refractivity contribution is 0.0935. The van der Waals surface area contributed by atoms with Crippen molar-refractivity contribution in [2.45, 2.75) is 32.7 Å². The number of H-pyrrole nitrogens is 1. The van der Waals surface area contributed by atoms with Gasteiger partial charge in [0.1, 0.15) is 0 Å². The third kappa shape index (κ3) is 3.71. The van der Waals surface area contributed by atoms with E-state index in [0.29, 0.717) is 23.3 Å². The average Bonchev–Trinajstić information content (AvgIpc) is 2.65. The maximum Gasteiger partial charge on any atom is 0.273 e. The van der Waals surface area contributed by atoms with Crippen molar-refractivity contribution in [3.05, 3.63) is 16.4 Å². The molecule has 0 aromatic carbocycles.